The van der Waals surface area contributed by atoms with Crippen molar-refractivity contribution in [1.82, 2.24) is 15.0 Å². The van der Waals surface area contributed by atoms with E-state index in [1.54, 1.807) is 6.20 Å². The number of benzene rings is 3. The molecule has 0 radical (unpaired) electrons. The molecule has 6 nitrogen and oxygen atoms in total. The van der Waals surface area contributed by atoms with Crippen molar-refractivity contribution in [3.8, 4) is 11.1 Å². The number of hydrogen-bond acceptors (Lipinski definition) is 4. The van der Waals surface area contributed by atoms with Crippen molar-refractivity contribution in [2.24, 2.45) is 5.10 Å². The highest BCUT2D eigenvalue weighted by Gasteiger charge is 2.34. The number of hydrogen-bond donors (Lipinski definition) is 1. The molecule has 5 aromatic rings. The Morgan fingerprint density at radius 2 is 1.60 bits per heavy atom. The maximum Gasteiger partial charge on any atom is 0.258 e. The first-order valence-electron chi connectivity index (χ1n) is 11.5. The van der Waals surface area contributed by atoms with E-state index in [4.69, 9.17) is 5.10 Å². The number of para-hydroxylation sites is 2. The molecule has 3 aromatic carbocycles. The van der Waals surface area contributed by atoms with E-state index in [1.165, 1.54) is 11.9 Å². The van der Waals surface area contributed by atoms with Gasteiger partial charge in [-0.05, 0) is 29.3 Å². The number of rotatable bonds is 3. The number of pyridine rings is 2. The molecule has 0 aliphatic carbocycles. The number of H-pyrrole nitrogens is 1. The average molecular weight is 459 g/mol. The van der Waals surface area contributed by atoms with Crippen molar-refractivity contribution in [3.05, 3.63) is 113 Å². The molecule has 1 aliphatic rings. The van der Waals surface area contributed by atoms with E-state index in [1.807, 2.05) is 84.9 Å². The van der Waals surface area contributed by atoms with Gasteiger partial charge < -0.3 is 4.98 Å². The van der Waals surface area contributed by atoms with Crippen molar-refractivity contribution < 1.29 is 4.79 Å². The van der Waals surface area contributed by atoms with E-state index in [0.717, 1.165) is 38.5 Å². The summed E-state index contributed by atoms with van der Waals surface area (Å²) in [5.41, 5.74) is 5.22. The van der Waals surface area contributed by atoms with Gasteiger partial charge in [-0.2, -0.15) is 5.10 Å². The molecule has 6 heteroatoms. The number of hydrazone groups is 1. The lowest BCUT2D eigenvalue weighted by atomic mass is 9.90. The van der Waals surface area contributed by atoms with Crippen molar-refractivity contribution in [3.63, 3.8) is 0 Å². The Morgan fingerprint density at radius 3 is 2.40 bits per heavy atom. The molecule has 3 heterocycles. The fraction of sp³-hybridized carbons (Fsp3) is 0.103. The number of carbonyl (C=O) groups is 1. The molecule has 0 saturated carbocycles. The molecule has 0 saturated heterocycles. The number of fused-ring (bicyclic) bond motifs is 2. The van der Waals surface area contributed by atoms with Crippen LogP contribution in [-0.2, 0) is 4.79 Å². The minimum atomic E-state index is -0.329. The fourth-order valence-corrected chi connectivity index (χ4v) is 5.03. The van der Waals surface area contributed by atoms with Gasteiger partial charge in [0.15, 0.2) is 0 Å². The summed E-state index contributed by atoms with van der Waals surface area (Å²) in [5, 5.41) is 8.14. The van der Waals surface area contributed by atoms with E-state index in [2.05, 4.69) is 9.97 Å². The summed E-state index contributed by atoms with van der Waals surface area (Å²) in [6.45, 7) is 1.51. The number of aromatic amines is 1. The number of amides is 1. The molecule has 6 rings (SSSR count). The van der Waals surface area contributed by atoms with Gasteiger partial charge in [0.05, 0.1) is 22.8 Å². The van der Waals surface area contributed by atoms with Crippen LogP contribution in [0.15, 0.2) is 101 Å². The highest BCUT2D eigenvalue weighted by molar-refractivity contribution is 6.13. The molecule has 170 valence electrons. The van der Waals surface area contributed by atoms with Crippen LogP contribution in [0.3, 0.4) is 0 Å². The Morgan fingerprint density at radius 1 is 0.886 bits per heavy atom. The van der Waals surface area contributed by atoms with Gasteiger partial charge >= 0.3 is 0 Å². The second-order valence-electron chi connectivity index (χ2n) is 8.66. The molecule has 0 fully saturated rings. The Balaban J connectivity index is 1.57. The predicted molar refractivity (Wildman–Crippen MR) is 138 cm³/mol. The number of aromatic nitrogens is 2. The molecule has 1 atom stereocenters. The molecular formula is C29H22N4O2. The van der Waals surface area contributed by atoms with Crippen LogP contribution in [0.1, 0.15) is 30.5 Å². The third-order valence-electron chi connectivity index (χ3n) is 6.55. The largest absolute Gasteiger partial charge is 0.321 e. The molecule has 1 aliphatic heterocycles. The van der Waals surface area contributed by atoms with E-state index < -0.39 is 0 Å². The average Bonchev–Trinajstić information content (AvgIpc) is 3.33. The van der Waals surface area contributed by atoms with Crippen LogP contribution in [0.2, 0.25) is 0 Å². The van der Waals surface area contributed by atoms with Gasteiger partial charge in [0.1, 0.15) is 0 Å². The van der Waals surface area contributed by atoms with Gasteiger partial charge in [0.2, 0.25) is 5.91 Å². The topological polar surface area (TPSA) is 78.4 Å². The Hall–Kier alpha value is -4.58. The summed E-state index contributed by atoms with van der Waals surface area (Å²) in [7, 11) is 0. The quantitative estimate of drug-likeness (QED) is 0.391. The minimum absolute atomic E-state index is 0.177. The predicted octanol–water partition coefficient (Wildman–Crippen LogP) is 5.44. The van der Waals surface area contributed by atoms with Crippen LogP contribution in [0, 0.1) is 0 Å². The van der Waals surface area contributed by atoms with Crippen LogP contribution in [0.25, 0.3) is 32.9 Å². The van der Waals surface area contributed by atoms with E-state index in [-0.39, 0.29) is 17.5 Å². The Kier molecular flexibility index (Phi) is 4.99. The lowest BCUT2D eigenvalue weighted by Gasteiger charge is -2.21. The first-order chi connectivity index (χ1) is 17.1. The second-order valence-corrected chi connectivity index (χ2v) is 8.66. The molecule has 2 aromatic heterocycles. The minimum Gasteiger partial charge on any atom is -0.321 e. The highest BCUT2D eigenvalue weighted by atomic mass is 16.2. The summed E-state index contributed by atoms with van der Waals surface area (Å²) in [6.07, 6.45) is 2.18. The molecule has 1 amide bonds. The zero-order chi connectivity index (χ0) is 23.9. The zero-order valence-corrected chi connectivity index (χ0v) is 19.1. The van der Waals surface area contributed by atoms with Crippen molar-refractivity contribution in [1.29, 1.82) is 0 Å². The van der Waals surface area contributed by atoms with Gasteiger partial charge in [-0.1, -0.05) is 66.7 Å². The molecular weight excluding hydrogens is 436 g/mol. The number of nitrogens with one attached hydrogen (secondary N) is 1. The van der Waals surface area contributed by atoms with Gasteiger partial charge in [0, 0.05) is 41.4 Å². The summed E-state index contributed by atoms with van der Waals surface area (Å²) < 4.78 is 0. The highest BCUT2D eigenvalue weighted by Crippen LogP contribution is 2.38. The molecule has 1 unspecified atom stereocenters. The van der Waals surface area contributed by atoms with Gasteiger partial charge in [-0.25, -0.2) is 5.01 Å². The molecule has 1 N–H and O–H groups in total. The third-order valence-corrected chi connectivity index (χ3v) is 6.55. The van der Waals surface area contributed by atoms with Crippen LogP contribution < -0.4 is 5.56 Å². The van der Waals surface area contributed by atoms with Crippen LogP contribution >= 0.6 is 0 Å². The first-order valence-corrected chi connectivity index (χ1v) is 11.5. The third kappa shape index (κ3) is 3.51. The van der Waals surface area contributed by atoms with E-state index in [9.17, 15) is 9.59 Å². The summed E-state index contributed by atoms with van der Waals surface area (Å²) >= 11 is 0. The Labute approximate surface area is 201 Å². The Bertz CT molecular complexity index is 1680. The summed E-state index contributed by atoms with van der Waals surface area (Å²) in [6, 6.07) is 27.1. The normalized spacial score (nSPS) is 15.5. The van der Waals surface area contributed by atoms with Gasteiger partial charge in [0.25, 0.3) is 5.56 Å². The summed E-state index contributed by atoms with van der Waals surface area (Å²) in [4.78, 5) is 33.7. The van der Waals surface area contributed by atoms with E-state index in [0.29, 0.717) is 17.7 Å². The van der Waals surface area contributed by atoms with E-state index >= 15 is 0 Å². The molecule has 35 heavy (non-hydrogen) atoms. The zero-order valence-electron chi connectivity index (χ0n) is 19.1. The number of nitrogens with zero attached hydrogens (tertiary/aromatic N) is 3. The maximum absolute atomic E-state index is 13.5. The first kappa shape index (κ1) is 21.0. The van der Waals surface area contributed by atoms with Crippen LogP contribution in [-0.4, -0.2) is 26.6 Å². The monoisotopic (exact) mass is 458 g/mol. The molecule has 0 spiro atoms. The SMILES string of the molecule is CC(=O)N1N=C(c2c(-c3ccccc3)c3ccccc3[nH]c2=O)CC1c1ccnc2ccccc12. The van der Waals surface area contributed by atoms with Crippen molar-refractivity contribution in [2.45, 2.75) is 19.4 Å². The fourth-order valence-electron chi connectivity index (χ4n) is 5.03. The van der Waals surface area contributed by atoms with Gasteiger partial charge in [-0.3, -0.25) is 14.6 Å². The van der Waals surface area contributed by atoms with Crippen molar-refractivity contribution in [2.75, 3.05) is 0 Å². The van der Waals surface area contributed by atoms with Gasteiger partial charge in [-0.15, -0.1) is 0 Å². The maximum atomic E-state index is 13.5. The smallest absolute Gasteiger partial charge is 0.258 e. The van der Waals surface area contributed by atoms with Crippen LogP contribution in [0.4, 0.5) is 0 Å². The second kappa shape index (κ2) is 8.33. The van der Waals surface area contributed by atoms with Crippen molar-refractivity contribution >= 4 is 33.4 Å². The van der Waals surface area contributed by atoms with Crippen LogP contribution in [0.5, 0.6) is 0 Å². The lowest BCUT2D eigenvalue weighted by molar-refractivity contribution is -0.130. The number of carbonyl (C=O) groups excluding carboxylic acids is 1. The summed E-state index contributed by atoms with van der Waals surface area (Å²) in [5.74, 6) is -0.177. The molecule has 0 bridgehead atoms. The standard InChI is InChI=1S/C29H22N4O2/c1-18(34)33-26(21-15-16-30-23-13-7-5-11-20(21)23)17-25(32-33)28-27(19-9-3-2-4-10-19)22-12-6-8-14-24(22)31-29(28)35/h2-16,26H,17H2,1H3,(H,31,35). The lowest BCUT2D eigenvalue weighted by Crippen LogP contribution is -2.24.